The SMILES string of the molecule is CCC(=O)O.CCCCCCCCCCCCN(C)C.[H-].[Na+]. The van der Waals surface area contributed by atoms with E-state index in [1.807, 2.05) is 0 Å². The predicted octanol–water partition coefficient (Wildman–Crippen LogP) is 2.07. The van der Waals surface area contributed by atoms with Gasteiger partial charge in [-0.05, 0) is 27.1 Å². The third-order valence-electron chi connectivity index (χ3n) is 3.26. The summed E-state index contributed by atoms with van der Waals surface area (Å²) in [6, 6.07) is 0. The summed E-state index contributed by atoms with van der Waals surface area (Å²) in [5.74, 6) is -0.745. The maximum Gasteiger partial charge on any atom is 1.00 e. The molecule has 0 aliphatic heterocycles. The van der Waals surface area contributed by atoms with Crippen molar-refractivity contribution in [3.05, 3.63) is 0 Å². The molecule has 1 N–H and O–H groups in total. The molecule has 0 amide bonds. The van der Waals surface area contributed by atoms with Crippen molar-refractivity contribution in [3.63, 3.8) is 0 Å². The third-order valence-corrected chi connectivity index (χ3v) is 3.26. The first-order valence-electron chi connectivity index (χ1n) is 8.41. The van der Waals surface area contributed by atoms with Gasteiger partial charge in [-0.2, -0.15) is 0 Å². The van der Waals surface area contributed by atoms with Crippen LogP contribution >= 0.6 is 0 Å². The van der Waals surface area contributed by atoms with Crippen LogP contribution in [0.3, 0.4) is 0 Å². The molecule has 4 heteroatoms. The molecule has 0 radical (unpaired) electrons. The molecule has 0 heterocycles. The third kappa shape index (κ3) is 33.3. The molecule has 0 unspecified atom stereocenters. The van der Waals surface area contributed by atoms with Crippen molar-refractivity contribution in [2.75, 3.05) is 20.6 Å². The van der Waals surface area contributed by atoms with Gasteiger partial charge in [0.15, 0.2) is 0 Å². The van der Waals surface area contributed by atoms with Crippen LogP contribution in [0, 0.1) is 0 Å². The second kappa shape index (κ2) is 22.7. The monoisotopic (exact) mass is 311 g/mol. The van der Waals surface area contributed by atoms with E-state index < -0.39 is 5.97 Å². The van der Waals surface area contributed by atoms with E-state index in [1.54, 1.807) is 6.92 Å². The molecule has 0 aliphatic rings. The van der Waals surface area contributed by atoms with Crippen molar-refractivity contribution < 1.29 is 40.9 Å². The minimum Gasteiger partial charge on any atom is -1.00 e. The molecule has 0 saturated heterocycles. The molecule has 0 aliphatic carbocycles. The molecule has 0 rings (SSSR count). The Morgan fingerprint density at radius 1 is 0.857 bits per heavy atom. The van der Waals surface area contributed by atoms with Gasteiger partial charge in [-0.25, -0.2) is 0 Å². The number of hydrogen-bond acceptors (Lipinski definition) is 2. The van der Waals surface area contributed by atoms with Gasteiger partial charge in [-0.15, -0.1) is 0 Å². The van der Waals surface area contributed by atoms with E-state index in [4.69, 9.17) is 5.11 Å². The molecular weight excluding hydrogens is 273 g/mol. The maximum absolute atomic E-state index is 9.37. The average molecular weight is 311 g/mol. The minimum absolute atomic E-state index is 0. The molecule has 0 atom stereocenters. The summed E-state index contributed by atoms with van der Waals surface area (Å²) in [6.45, 7) is 5.14. The van der Waals surface area contributed by atoms with Crippen molar-refractivity contribution >= 4 is 5.97 Å². The Bertz CT molecular complexity index is 205. The van der Waals surface area contributed by atoms with Crippen LogP contribution < -0.4 is 29.6 Å². The van der Waals surface area contributed by atoms with Gasteiger partial charge < -0.3 is 11.4 Å². The molecule has 21 heavy (non-hydrogen) atoms. The number of nitrogens with zero attached hydrogens (tertiary/aromatic N) is 1. The van der Waals surface area contributed by atoms with Gasteiger partial charge >= 0.3 is 35.5 Å². The summed E-state index contributed by atoms with van der Waals surface area (Å²) in [4.78, 5) is 11.7. The second-order valence-electron chi connectivity index (χ2n) is 5.73. The van der Waals surface area contributed by atoms with Crippen LogP contribution in [0.1, 0.15) is 85.9 Å². The quantitative estimate of drug-likeness (QED) is 0.443. The number of rotatable bonds is 12. The first kappa shape index (κ1) is 26.3. The van der Waals surface area contributed by atoms with E-state index in [0.717, 1.165) is 0 Å². The smallest absolute Gasteiger partial charge is 1.00 e. The predicted molar refractivity (Wildman–Crippen MR) is 89.4 cm³/mol. The molecule has 0 aromatic heterocycles. The summed E-state index contributed by atoms with van der Waals surface area (Å²) in [5.41, 5.74) is 0. The first-order valence-corrected chi connectivity index (χ1v) is 8.41. The molecule has 124 valence electrons. The van der Waals surface area contributed by atoms with E-state index in [2.05, 4.69) is 25.9 Å². The van der Waals surface area contributed by atoms with Gasteiger partial charge in [-0.1, -0.05) is 71.6 Å². The number of hydrogen-bond donors (Lipinski definition) is 1. The van der Waals surface area contributed by atoms with Crippen LogP contribution in [-0.4, -0.2) is 36.6 Å². The number of aliphatic carboxylic acids is 1. The van der Waals surface area contributed by atoms with Gasteiger partial charge in [0, 0.05) is 6.42 Å². The Morgan fingerprint density at radius 2 is 1.19 bits per heavy atom. The summed E-state index contributed by atoms with van der Waals surface area (Å²) in [7, 11) is 4.32. The van der Waals surface area contributed by atoms with E-state index in [9.17, 15) is 4.79 Å². The van der Waals surface area contributed by atoms with Gasteiger partial charge in [-0.3, -0.25) is 4.79 Å². The zero-order chi connectivity index (χ0) is 15.6. The number of carbonyl (C=O) groups is 1. The molecule has 0 aromatic rings. The van der Waals surface area contributed by atoms with E-state index in [1.165, 1.54) is 70.8 Å². The van der Waals surface area contributed by atoms with Gasteiger partial charge in [0.25, 0.3) is 0 Å². The van der Waals surface area contributed by atoms with Crippen molar-refractivity contribution in [1.29, 1.82) is 0 Å². The fourth-order valence-electron chi connectivity index (χ4n) is 1.92. The average Bonchev–Trinajstić information content (AvgIpc) is 2.41. The van der Waals surface area contributed by atoms with E-state index in [0.29, 0.717) is 0 Å². The molecule has 0 saturated carbocycles. The fraction of sp³-hybridized carbons (Fsp3) is 0.941. The zero-order valence-electron chi connectivity index (χ0n) is 16.3. The molecule has 0 aromatic carbocycles. The van der Waals surface area contributed by atoms with Gasteiger partial charge in [0.1, 0.15) is 0 Å². The standard InChI is InChI=1S/C14H31N.C3H6O2.Na.H/c1-4-5-6-7-8-9-10-11-12-13-14-15(2)3;1-2-3(4)5;;/h4-14H2,1-3H3;2H2,1H3,(H,4,5);;/q;;+1;-1. The Labute approximate surface area is 156 Å². The summed E-state index contributed by atoms with van der Waals surface area (Å²) in [6.07, 6.45) is 14.6. The number of carboxylic acid groups (broad SMARTS) is 1. The molecule has 0 bridgehead atoms. The first-order chi connectivity index (χ1) is 9.54. The summed E-state index contributed by atoms with van der Waals surface area (Å²) < 4.78 is 0. The molecule has 0 fully saturated rings. The topological polar surface area (TPSA) is 40.5 Å². The zero-order valence-corrected chi connectivity index (χ0v) is 17.3. The van der Waals surface area contributed by atoms with Crippen molar-refractivity contribution in [3.8, 4) is 0 Å². The second-order valence-corrected chi connectivity index (χ2v) is 5.73. The Morgan fingerprint density at radius 3 is 1.48 bits per heavy atom. The Kier molecular flexibility index (Phi) is 28.5. The Balaban J connectivity index is -0.000000201. The van der Waals surface area contributed by atoms with Crippen LogP contribution in [0.2, 0.25) is 0 Å². The summed E-state index contributed by atoms with van der Waals surface area (Å²) in [5, 5.41) is 7.72. The summed E-state index contributed by atoms with van der Waals surface area (Å²) >= 11 is 0. The number of carboxylic acids is 1. The van der Waals surface area contributed by atoms with Gasteiger partial charge in [0.05, 0.1) is 0 Å². The molecule has 0 spiro atoms. The van der Waals surface area contributed by atoms with Crippen molar-refractivity contribution in [2.45, 2.75) is 84.5 Å². The molecule has 3 nitrogen and oxygen atoms in total. The van der Waals surface area contributed by atoms with Crippen LogP contribution in [-0.2, 0) is 4.79 Å². The number of unbranched alkanes of at least 4 members (excludes halogenated alkanes) is 9. The molecular formula is C17H38NNaO2. The van der Waals surface area contributed by atoms with Crippen LogP contribution in [0.5, 0.6) is 0 Å². The van der Waals surface area contributed by atoms with Crippen LogP contribution in [0.4, 0.5) is 0 Å². The largest absolute Gasteiger partial charge is 1.00 e. The van der Waals surface area contributed by atoms with Crippen molar-refractivity contribution in [1.82, 2.24) is 4.90 Å². The van der Waals surface area contributed by atoms with Crippen LogP contribution in [0.15, 0.2) is 0 Å². The maximum atomic E-state index is 9.37. The van der Waals surface area contributed by atoms with E-state index >= 15 is 0 Å². The van der Waals surface area contributed by atoms with Gasteiger partial charge in [0.2, 0.25) is 0 Å². The van der Waals surface area contributed by atoms with Crippen molar-refractivity contribution in [2.24, 2.45) is 0 Å². The Hall–Kier alpha value is 0.430. The van der Waals surface area contributed by atoms with Crippen LogP contribution in [0.25, 0.3) is 0 Å². The van der Waals surface area contributed by atoms with E-state index in [-0.39, 0.29) is 37.4 Å². The fourth-order valence-corrected chi connectivity index (χ4v) is 1.92. The normalized spacial score (nSPS) is 9.76. The minimum atomic E-state index is -0.745.